The molecule has 7 nitrogen and oxygen atoms in total. The first kappa shape index (κ1) is 25.6. The molecule has 39 heavy (non-hydrogen) atoms. The van der Waals surface area contributed by atoms with Crippen molar-refractivity contribution in [3.05, 3.63) is 101 Å². The van der Waals surface area contributed by atoms with Crippen molar-refractivity contribution in [3.63, 3.8) is 0 Å². The molecule has 0 saturated carbocycles. The van der Waals surface area contributed by atoms with E-state index in [4.69, 9.17) is 16.6 Å². The molecule has 1 fully saturated rings. The summed E-state index contributed by atoms with van der Waals surface area (Å²) in [5.41, 5.74) is 5.42. The molecule has 0 radical (unpaired) electrons. The number of benzene rings is 3. The Morgan fingerprint density at radius 1 is 0.846 bits per heavy atom. The van der Waals surface area contributed by atoms with E-state index in [9.17, 15) is 8.42 Å². The van der Waals surface area contributed by atoms with Crippen LogP contribution < -0.4 is 4.90 Å². The van der Waals surface area contributed by atoms with E-state index in [0.717, 1.165) is 44.8 Å². The van der Waals surface area contributed by atoms with E-state index in [1.165, 1.54) is 0 Å². The van der Waals surface area contributed by atoms with Crippen molar-refractivity contribution in [3.8, 4) is 16.8 Å². The number of piperazine rings is 1. The minimum atomic E-state index is -3.59. The van der Waals surface area contributed by atoms with Gasteiger partial charge in [-0.1, -0.05) is 60.1 Å². The molecule has 3 heterocycles. The zero-order valence-corrected chi connectivity index (χ0v) is 23.3. The standard InChI is InChI=1S/C30H28ClN5O2S/c1-21-11-12-22(2)27(17-21)39(37,38)35-15-13-34(14-16-35)29-28-26(23-7-4-3-5-8-23)19-36(30(28)33-20-32-29)25-10-6-9-24(31)18-25/h3-12,17-20H,13-16H2,1-2H3. The molecule has 0 aliphatic carbocycles. The molecule has 0 spiro atoms. The SMILES string of the molecule is Cc1ccc(C)c(S(=O)(=O)N2CCN(c3ncnc4c3c(-c3ccccc3)cn4-c3cccc(Cl)c3)CC2)c1. The summed E-state index contributed by atoms with van der Waals surface area (Å²) < 4.78 is 30.6. The predicted molar refractivity (Wildman–Crippen MR) is 156 cm³/mol. The lowest BCUT2D eigenvalue weighted by Gasteiger charge is -2.35. The van der Waals surface area contributed by atoms with Gasteiger partial charge >= 0.3 is 0 Å². The number of halogens is 1. The number of nitrogens with zero attached hydrogens (tertiary/aromatic N) is 5. The van der Waals surface area contributed by atoms with Gasteiger partial charge < -0.3 is 9.47 Å². The Hall–Kier alpha value is -3.72. The summed E-state index contributed by atoms with van der Waals surface area (Å²) in [4.78, 5) is 11.9. The summed E-state index contributed by atoms with van der Waals surface area (Å²) in [5.74, 6) is 0.795. The maximum Gasteiger partial charge on any atom is 0.243 e. The molecular weight excluding hydrogens is 530 g/mol. The average Bonchev–Trinajstić information content (AvgIpc) is 3.35. The van der Waals surface area contributed by atoms with Crippen LogP contribution in [0.15, 0.2) is 90.2 Å². The quantitative estimate of drug-likeness (QED) is 0.270. The third-order valence-electron chi connectivity index (χ3n) is 7.23. The molecule has 198 valence electrons. The second-order valence-electron chi connectivity index (χ2n) is 9.81. The average molecular weight is 558 g/mol. The normalized spacial score (nSPS) is 14.7. The van der Waals surface area contributed by atoms with Crippen LogP contribution in [-0.4, -0.2) is 53.4 Å². The van der Waals surface area contributed by atoms with Crippen LogP contribution in [0.3, 0.4) is 0 Å². The van der Waals surface area contributed by atoms with Crippen molar-refractivity contribution in [1.82, 2.24) is 18.8 Å². The Balaban J connectivity index is 1.39. The van der Waals surface area contributed by atoms with Gasteiger partial charge in [0, 0.05) is 48.6 Å². The summed E-state index contributed by atoms with van der Waals surface area (Å²) in [7, 11) is -3.59. The van der Waals surface area contributed by atoms with Gasteiger partial charge in [0.05, 0.1) is 10.3 Å². The number of rotatable bonds is 5. The maximum atomic E-state index is 13.5. The van der Waals surface area contributed by atoms with Crippen molar-refractivity contribution in [1.29, 1.82) is 0 Å². The summed E-state index contributed by atoms with van der Waals surface area (Å²) in [6.45, 7) is 5.54. The second-order valence-corrected chi connectivity index (χ2v) is 12.2. The van der Waals surface area contributed by atoms with E-state index < -0.39 is 10.0 Å². The Labute approximate surface area is 233 Å². The van der Waals surface area contributed by atoms with Crippen LogP contribution in [0.1, 0.15) is 11.1 Å². The van der Waals surface area contributed by atoms with Gasteiger partial charge in [-0.25, -0.2) is 18.4 Å². The first-order chi connectivity index (χ1) is 18.8. The van der Waals surface area contributed by atoms with E-state index in [0.29, 0.717) is 36.1 Å². The van der Waals surface area contributed by atoms with Crippen LogP contribution >= 0.6 is 11.6 Å². The van der Waals surface area contributed by atoms with E-state index in [1.807, 2.05) is 73.0 Å². The Morgan fingerprint density at radius 3 is 2.36 bits per heavy atom. The lowest BCUT2D eigenvalue weighted by molar-refractivity contribution is 0.384. The van der Waals surface area contributed by atoms with E-state index in [-0.39, 0.29) is 0 Å². The molecular formula is C30H28ClN5O2S. The fraction of sp³-hybridized carbons (Fsp3) is 0.200. The van der Waals surface area contributed by atoms with Gasteiger partial charge in [-0.05, 0) is 54.8 Å². The van der Waals surface area contributed by atoms with Crippen molar-refractivity contribution < 1.29 is 8.42 Å². The minimum absolute atomic E-state index is 0.372. The highest BCUT2D eigenvalue weighted by atomic mass is 35.5. The summed E-state index contributed by atoms with van der Waals surface area (Å²) in [6, 6.07) is 23.4. The molecule has 1 aliphatic rings. The van der Waals surface area contributed by atoms with Crippen LogP contribution in [0.25, 0.3) is 27.8 Å². The number of aromatic nitrogens is 3. The predicted octanol–water partition coefficient (Wildman–Crippen LogP) is 5.87. The Bertz CT molecular complexity index is 1780. The van der Waals surface area contributed by atoms with Gasteiger partial charge in [0.15, 0.2) is 5.65 Å². The molecule has 0 atom stereocenters. The third kappa shape index (κ3) is 4.69. The van der Waals surface area contributed by atoms with Crippen molar-refractivity contribution >= 4 is 38.5 Å². The van der Waals surface area contributed by atoms with Crippen LogP contribution in [0.2, 0.25) is 5.02 Å². The third-order valence-corrected chi connectivity index (χ3v) is 9.51. The van der Waals surface area contributed by atoms with Gasteiger partial charge in [0.1, 0.15) is 12.1 Å². The van der Waals surface area contributed by atoms with Gasteiger partial charge in [-0.3, -0.25) is 0 Å². The summed E-state index contributed by atoms with van der Waals surface area (Å²) >= 11 is 6.33. The van der Waals surface area contributed by atoms with E-state index in [1.54, 1.807) is 16.7 Å². The Morgan fingerprint density at radius 2 is 1.62 bits per heavy atom. The van der Waals surface area contributed by atoms with Crippen molar-refractivity contribution in [2.45, 2.75) is 18.7 Å². The number of hydrogen-bond acceptors (Lipinski definition) is 5. The fourth-order valence-corrected chi connectivity index (χ4v) is 7.13. The number of sulfonamides is 1. The van der Waals surface area contributed by atoms with Crippen LogP contribution in [0.4, 0.5) is 5.82 Å². The molecule has 0 unspecified atom stereocenters. The van der Waals surface area contributed by atoms with Crippen molar-refractivity contribution in [2.24, 2.45) is 0 Å². The molecule has 1 aliphatic heterocycles. The highest BCUT2D eigenvalue weighted by Crippen LogP contribution is 2.37. The molecule has 3 aromatic carbocycles. The molecule has 0 N–H and O–H groups in total. The molecule has 9 heteroatoms. The van der Waals surface area contributed by atoms with Crippen LogP contribution in [-0.2, 0) is 10.0 Å². The zero-order chi connectivity index (χ0) is 27.1. The lowest BCUT2D eigenvalue weighted by Crippen LogP contribution is -2.49. The highest BCUT2D eigenvalue weighted by Gasteiger charge is 2.31. The number of fused-ring (bicyclic) bond motifs is 1. The van der Waals surface area contributed by atoms with E-state index >= 15 is 0 Å². The summed E-state index contributed by atoms with van der Waals surface area (Å²) in [5, 5.41) is 1.57. The molecule has 6 rings (SSSR count). The first-order valence-electron chi connectivity index (χ1n) is 12.8. The smallest absolute Gasteiger partial charge is 0.243 e. The second kappa shape index (κ2) is 10.1. The maximum absolute atomic E-state index is 13.5. The zero-order valence-electron chi connectivity index (χ0n) is 21.8. The minimum Gasteiger partial charge on any atom is -0.353 e. The van der Waals surface area contributed by atoms with Crippen molar-refractivity contribution in [2.75, 3.05) is 31.1 Å². The molecule has 0 bridgehead atoms. The van der Waals surface area contributed by atoms with Gasteiger partial charge in [0.2, 0.25) is 10.0 Å². The van der Waals surface area contributed by atoms with Crippen LogP contribution in [0, 0.1) is 13.8 Å². The van der Waals surface area contributed by atoms with Crippen LogP contribution in [0.5, 0.6) is 0 Å². The van der Waals surface area contributed by atoms with Gasteiger partial charge in [-0.2, -0.15) is 4.31 Å². The molecule has 2 aromatic heterocycles. The molecule has 0 amide bonds. The number of hydrogen-bond donors (Lipinski definition) is 0. The number of aryl methyl sites for hydroxylation is 2. The lowest BCUT2D eigenvalue weighted by atomic mass is 10.1. The highest BCUT2D eigenvalue weighted by molar-refractivity contribution is 7.89. The van der Waals surface area contributed by atoms with E-state index in [2.05, 4.69) is 28.2 Å². The largest absolute Gasteiger partial charge is 0.353 e. The Kier molecular flexibility index (Phi) is 6.62. The molecule has 5 aromatic rings. The number of anilines is 1. The topological polar surface area (TPSA) is 71.3 Å². The fourth-order valence-electron chi connectivity index (χ4n) is 5.21. The monoisotopic (exact) mass is 557 g/mol. The molecule has 1 saturated heterocycles. The first-order valence-corrected chi connectivity index (χ1v) is 14.6. The van der Waals surface area contributed by atoms with Gasteiger partial charge in [-0.15, -0.1) is 0 Å². The van der Waals surface area contributed by atoms with Gasteiger partial charge in [0.25, 0.3) is 0 Å². The summed E-state index contributed by atoms with van der Waals surface area (Å²) in [6.07, 6.45) is 3.65.